The van der Waals surface area contributed by atoms with Crippen molar-refractivity contribution in [3.8, 4) is 5.40 Å². The Hall–Kier alpha value is -1.27. The van der Waals surface area contributed by atoms with Crippen molar-refractivity contribution in [2.75, 3.05) is 7.11 Å². The van der Waals surface area contributed by atoms with Gasteiger partial charge in [-0.25, -0.2) is 4.39 Å². The van der Waals surface area contributed by atoms with Gasteiger partial charge < -0.3 is 14.9 Å². The fraction of sp³-hybridized carbons (Fsp3) is 0.792. The second kappa shape index (κ2) is 7.63. The van der Waals surface area contributed by atoms with Crippen molar-refractivity contribution in [2.24, 2.45) is 28.6 Å². The predicted octanol–water partition coefficient (Wildman–Crippen LogP) is 3.31. The maximum absolute atomic E-state index is 17.2. The first-order chi connectivity index (χ1) is 14.9. The lowest BCUT2D eigenvalue weighted by Gasteiger charge is -2.63. The predicted molar refractivity (Wildman–Crippen MR) is 117 cm³/mol. The molecule has 0 heterocycles. The lowest BCUT2D eigenvalue weighted by Crippen LogP contribution is -2.70. The second-order valence-corrected chi connectivity index (χ2v) is 11.5. The number of nitriles is 1. The molecule has 3 saturated carbocycles. The molecule has 3 fully saturated rings. The molecule has 0 bridgehead atoms. The molecule has 1 unspecified atom stereocenters. The van der Waals surface area contributed by atoms with E-state index in [0.717, 1.165) is 5.57 Å². The number of fused-ring (bicyclic) bond motifs is 5. The molecule has 0 aliphatic heterocycles. The number of nitrogens with zero attached hydrogens (tertiary/aromatic N) is 1. The zero-order valence-electron chi connectivity index (χ0n) is 19.1. The zero-order chi connectivity index (χ0) is 23.7. The molecule has 176 valence electrons. The number of Topliss-reactive ketones (excluding diaryl/α,β-unsaturated/α-hetero) is 1. The molecule has 0 saturated heterocycles. The minimum Gasteiger partial charge on any atom is -0.390 e. The number of hydrogen-bond donors (Lipinski definition) is 2. The molecular formula is C24H32FNO5S. The standard InChI is InChI=1S/C24H32FNO5S/c1-13-9-17-16-6-5-14-10-15(27)7-8-21(14,2)23(16,25)18(28)11-22(17,3)24(13,30)19(29)20(31-4)32-12-26/h10,13,16-18,20,28,30H,5-9,11H2,1-4H3/t13-,16-,17-,18-,20?,21-,22-,23-,24-/m0/s1. The largest absolute Gasteiger partial charge is 0.390 e. The number of methoxy groups -OCH3 is 1. The van der Waals surface area contributed by atoms with E-state index in [0.29, 0.717) is 37.4 Å². The molecule has 4 aliphatic carbocycles. The van der Waals surface area contributed by atoms with E-state index in [1.54, 1.807) is 19.9 Å². The molecule has 4 rings (SSSR count). The highest BCUT2D eigenvalue weighted by atomic mass is 32.2. The van der Waals surface area contributed by atoms with E-state index < -0.39 is 51.3 Å². The van der Waals surface area contributed by atoms with E-state index in [1.807, 2.05) is 12.3 Å². The molecule has 0 radical (unpaired) electrons. The number of thiocyanates is 1. The van der Waals surface area contributed by atoms with Crippen LogP contribution in [0.25, 0.3) is 0 Å². The topological polar surface area (TPSA) is 108 Å². The number of allylic oxidation sites excluding steroid dienone is 1. The first-order valence-corrected chi connectivity index (χ1v) is 12.2. The summed E-state index contributed by atoms with van der Waals surface area (Å²) in [5, 5.41) is 34.2. The quantitative estimate of drug-likeness (QED) is 0.484. The minimum absolute atomic E-state index is 0.00437. The Morgan fingerprint density at radius 1 is 1.38 bits per heavy atom. The molecule has 0 amide bonds. The van der Waals surface area contributed by atoms with Gasteiger partial charge in [0.25, 0.3) is 0 Å². The molecule has 6 nitrogen and oxygen atoms in total. The van der Waals surface area contributed by atoms with Gasteiger partial charge in [0.15, 0.2) is 11.2 Å². The van der Waals surface area contributed by atoms with Gasteiger partial charge in [-0.1, -0.05) is 26.3 Å². The Labute approximate surface area is 192 Å². The number of carbonyl (C=O) groups is 2. The van der Waals surface area contributed by atoms with Crippen molar-refractivity contribution < 1.29 is 28.9 Å². The average molecular weight is 466 g/mol. The van der Waals surface area contributed by atoms with Crippen LogP contribution in [-0.4, -0.2) is 51.7 Å². The summed E-state index contributed by atoms with van der Waals surface area (Å²) in [4.78, 5) is 25.5. The summed E-state index contributed by atoms with van der Waals surface area (Å²) in [6, 6.07) is 0. The first-order valence-electron chi connectivity index (χ1n) is 11.4. The van der Waals surface area contributed by atoms with Crippen LogP contribution in [0, 0.1) is 39.2 Å². The van der Waals surface area contributed by atoms with E-state index in [-0.39, 0.29) is 24.5 Å². The Balaban J connectivity index is 1.78. The number of aliphatic hydroxyl groups is 2. The molecule has 2 N–H and O–H groups in total. The van der Waals surface area contributed by atoms with E-state index in [9.17, 15) is 19.8 Å². The van der Waals surface area contributed by atoms with Gasteiger partial charge in [-0.3, -0.25) is 9.59 Å². The monoisotopic (exact) mass is 465 g/mol. The van der Waals surface area contributed by atoms with Crippen LogP contribution in [-0.2, 0) is 14.3 Å². The van der Waals surface area contributed by atoms with Gasteiger partial charge in [0.1, 0.15) is 16.7 Å². The summed E-state index contributed by atoms with van der Waals surface area (Å²) in [6.07, 6.45) is 2.21. The zero-order valence-corrected chi connectivity index (χ0v) is 19.9. The van der Waals surface area contributed by atoms with Crippen molar-refractivity contribution in [1.82, 2.24) is 0 Å². The van der Waals surface area contributed by atoms with Crippen molar-refractivity contribution in [1.29, 1.82) is 5.26 Å². The van der Waals surface area contributed by atoms with Crippen molar-refractivity contribution >= 4 is 23.3 Å². The van der Waals surface area contributed by atoms with Crippen LogP contribution in [0.4, 0.5) is 4.39 Å². The summed E-state index contributed by atoms with van der Waals surface area (Å²) in [5.74, 6) is -1.92. The third-order valence-electron chi connectivity index (χ3n) is 9.59. The normalized spacial score (nSPS) is 48.7. The minimum atomic E-state index is -1.93. The van der Waals surface area contributed by atoms with Gasteiger partial charge in [-0.05, 0) is 61.8 Å². The number of alkyl halides is 1. The summed E-state index contributed by atoms with van der Waals surface area (Å²) in [5.41, 5.74) is -6.15. The number of hydrogen-bond acceptors (Lipinski definition) is 7. The number of rotatable bonds is 4. The van der Waals surface area contributed by atoms with E-state index >= 15 is 4.39 Å². The number of ketones is 2. The van der Waals surface area contributed by atoms with Crippen LogP contribution in [0.2, 0.25) is 0 Å². The molecule has 4 aliphatic rings. The highest BCUT2D eigenvalue weighted by molar-refractivity contribution is 8.04. The van der Waals surface area contributed by atoms with Crippen molar-refractivity contribution in [2.45, 2.75) is 82.1 Å². The van der Waals surface area contributed by atoms with Crippen LogP contribution >= 0.6 is 11.8 Å². The fourth-order valence-corrected chi connectivity index (χ4v) is 8.35. The first kappa shape index (κ1) is 23.9. The van der Waals surface area contributed by atoms with E-state index in [4.69, 9.17) is 10.00 Å². The van der Waals surface area contributed by atoms with Gasteiger partial charge in [-0.15, -0.1) is 0 Å². The fourth-order valence-electron chi connectivity index (χ4n) is 7.87. The molecule has 8 heteroatoms. The van der Waals surface area contributed by atoms with Crippen LogP contribution in [0.5, 0.6) is 0 Å². The van der Waals surface area contributed by atoms with Crippen LogP contribution in [0.3, 0.4) is 0 Å². The van der Waals surface area contributed by atoms with Crippen LogP contribution in [0.1, 0.15) is 59.3 Å². The molecular weight excluding hydrogens is 433 g/mol. The number of carbonyl (C=O) groups excluding carboxylic acids is 2. The number of halogens is 1. The summed E-state index contributed by atoms with van der Waals surface area (Å²) in [6.45, 7) is 5.39. The Morgan fingerprint density at radius 2 is 2.06 bits per heavy atom. The Bertz CT molecular complexity index is 919. The molecule has 0 aromatic carbocycles. The molecule has 9 atom stereocenters. The lowest BCUT2D eigenvalue weighted by molar-refractivity contribution is -0.229. The Kier molecular flexibility index (Phi) is 5.69. The summed E-state index contributed by atoms with van der Waals surface area (Å²) < 4.78 is 22.4. The molecule has 0 aromatic rings. The van der Waals surface area contributed by atoms with Crippen LogP contribution < -0.4 is 0 Å². The third-order valence-corrected chi connectivity index (χ3v) is 10.3. The van der Waals surface area contributed by atoms with Gasteiger partial charge in [0.05, 0.1) is 6.10 Å². The van der Waals surface area contributed by atoms with Gasteiger partial charge >= 0.3 is 0 Å². The van der Waals surface area contributed by atoms with Crippen molar-refractivity contribution in [3.63, 3.8) is 0 Å². The number of ether oxygens (including phenoxy) is 1. The van der Waals surface area contributed by atoms with E-state index in [1.165, 1.54) is 7.11 Å². The summed E-state index contributed by atoms with van der Waals surface area (Å²) in [7, 11) is 1.32. The van der Waals surface area contributed by atoms with Gasteiger partial charge in [0.2, 0.25) is 5.78 Å². The average Bonchev–Trinajstić information content (AvgIpc) is 2.94. The summed E-state index contributed by atoms with van der Waals surface area (Å²) >= 11 is 0.645. The highest BCUT2D eigenvalue weighted by Gasteiger charge is 2.76. The molecule has 0 spiro atoms. The lowest BCUT2D eigenvalue weighted by atomic mass is 9.44. The Morgan fingerprint density at radius 3 is 2.69 bits per heavy atom. The second-order valence-electron chi connectivity index (χ2n) is 10.7. The smallest absolute Gasteiger partial charge is 0.205 e. The van der Waals surface area contributed by atoms with Crippen molar-refractivity contribution in [3.05, 3.63) is 11.6 Å². The maximum atomic E-state index is 17.2. The van der Waals surface area contributed by atoms with E-state index in [2.05, 4.69) is 0 Å². The third kappa shape index (κ3) is 2.74. The maximum Gasteiger partial charge on any atom is 0.205 e. The van der Waals surface area contributed by atoms with Crippen LogP contribution in [0.15, 0.2) is 11.6 Å². The molecule has 32 heavy (non-hydrogen) atoms. The van der Waals surface area contributed by atoms with Gasteiger partial charge in [-0.2, -0.15) is 5.26 Å². The number of aliphatic hydroxyl groups excluding tert-OH is 1. The highest BCUT2D eigenvalue weighted by Crippen LogP contribution is 2.71. The van der Waals surface area contributed by atoms with Gasteiger partial charge in [0, 0.05) is 30.3 Å². The number of thioether (sulfide) groups is 1. The molecule has 0 aromatic heterocycles. The SMILES string of the molecule is COC(SC#N)C(=O)[C@@]1(O)[C@@H](C)C[C@H]2[C@@H]3CCC4=CC(=O)CC[C@]4(C)[C@@]3(F)[C@@H](O)C[C@@]21C.